The molecule has 0 unspecified atom stereocenters. The lowest BCUT2D eigenvalue weighted by Crippen LogP contribution is -2.44. The molecule has 10 heteroatoms. The average Bonchev–Trinajstić information content (AvgIpc) is 2.60. The lowest BCUT2D eigenvalue weighted by atomic mass is 10.2. The van der Waals surface area contributed by atoms with Gasteiger partial charge in [0, 0.05) is 38.3 Å². The Morgan fingerprint density at radius 2 is 2.00 bits per heavy atom. The molecule has 9 nitrogen and oxygen atoms in total. The zero-order valence-corrected chi connectivity index (χ0v) is 14.4. The number of nitrogens with two attached hydrogens (primary N) is 1. The number of aromatic nitrogens is 2. The molecule has 1 fully saturated rings. The number of hydrogen-bond donors (Lipinski definition) is 2. The van der Waals surface area contributed by atoms with E-state index in [1.54, 1.807) is 6.07 Å². The van der Waals surface area contributed by atoms with E-state index in [0.29, 0.717) is 11.5 Å². The minimum atomic E-state index is -0.435. The summed E-state index contributed by atoms with van der Waals surface area (Å²) in [5.41, 5.74) is 7.49. The van der Waals surface area contributed by atoms with Gasteiger partial charge >= 0.3 is 0 Å². The number of nitro benzene ring substituents is 1. The normalized spacial score (nSPS) is 15.2. The number of halogens is 1. The number of non-ortho nitro benzene ring substituents is 1. The highest BCUT2D eigenvalue weighted by Crippen LogP contribution is 2.34. The minimum absolute atomic E-state index is 0.0147. The monoisotopic (exact) mass is 363 g/mol. The summed E-state index contributed by atoms with van der Waals surface area (Å²) in [7, 11) is 2.07. The zero-order valence-electron chi connectivity index (χ0n) is 13.6. The summed E-state index contributed by atoms with van der Waals surface area (Å²) in [5.74, 6) is 0.316. The number of likely N-dealkylation sites (N-methyl/N-ethyl adjacent to an activating group) is 1. The number of nitrogen functional groups attached to an aromatic ring is 1. The Morgan fingerprint density at radius 3 is 2.68 bits per heavy atom. The van der Waals surface area contributed by atoms with Crippen LogP contribution in [0.4, 0.5) is 28.6 Å². The molecule has 1 aliphatic rings. The van der Waals surface area contributed by atoms with E-state index in [9.17, 15) is 10.1 Å². The van der Waals surface area contributed by atoms with Gasteiger partial charge in [0.2, 0.25) is 0 Å². The van der Waals surface area contributed by atoms with Crippen molar-refractivity contribution in [3.63, 3.8) is 0 Å². The molecule has 0 saturated carbocycles. The third-order valence-corrected chi connectivity index (χ3v) is 4.42. The van der Waals surface area contributed by atoms with Crippen LogP contribution >= 0.6 is 11.6 Å². The molecule has 0 spiro atoms. The van der Waals surface area contributed by atoms with Gasteiger partial charge in [-0.05, 0) is 13.1 Å². The molecule has 0 amide bonds. The second-order valence-electron chi connectivity index (χ2n) is 5.80. The fourth-order valence-electron chi connectivity index (χ4n) is 2.66. The van der Waals surface area contributed by atoms with Crippen LogP contribution in [-0.2, 0) is 0 Å². The summed E-state index contributed by atoms with van der Waals surface area (Å²) in [4.78, 5) is 23.0. The van der Waals surface area contributed by atoms with Crippen molar-refractivity contribution in [2.75, 3.05) is 49.2 Å². The van der Waals surface area contributed by atoms with Crippen molar-refractivity contribution in [3.05, 3.63) is 39.8 Å². The largest absolute Gasteiger partial charge is 0.393 e. The smallest absolute Gasteiger partial charge is 0.271 e. The number of benzene rings is 1. The fourth-order valence-corrected chi connectivity index (χ4v) is 2.80. The van der Waals surface area contributed by atoms with Crippen molar-refractivity contribution in [1.29, 1.82) is 0 Å². The fraction of sp³-hybridized carbons (Fsp3) is 0.333. The molecular weight excluding hydrogens is 346 g/mol. The van der Waals surface area contributed by atoms with Crippen molar-refractivity contribution in [2.45, 2.75) is 0 Å². The van der Waals surface area contributed by atoms with E-state index in [1.807, 2.05) is 0 Å². The van der Waals surface area contributed by atoms with E-state index < -0.39 is 4.92 Å². The Balaban J connectivity index is 1.98. The number of hydrogen-bond acceptors (Lipinski definition) is 8. The number of nitrogens with zero attached hydrogens (tertiary/aromatic N) is 5. The molecule has 0 radical (unpaired) electrons. The van der Waals surface area contributed by atoms with Gasteiger partial charge in [0.1, 0.15) is 12.0 Å². The summed E-state index contributed by atoms with van der Waals surface area (Å²) >= 11 is 5.93. The molecule has 2 aromatic rings. The maximum Gasteiger partial charge on any atom is 0.271 e. The van der Waals surface area contributed by atoms with Crippen LogP contribution in [0, 0.1) is 10.1 Å². The number of nitrogens with one attached hydrogen (secondary N) is 1. The van der Waals surface area contributed by atoms with Crippen molar-refractivity contribution in [1.82, 2.24) is 14.9 Å². The van der Waals surface area contributed by atoms with Gasteiger partial charge in [-0.1, -0.05) is 11.6 Å². The molecule has 1 aromatic heterocycles. The highest BCUT2D eigenvalue weighted by atomic mass is 35.5. The summed E-state index contributed by atoms with van der Waals surface area (Å²) < 4.78 is 0. The summed E-state index contributed by atoms with van der Waals surface area (Å²) in [5, 5.41) is 14.3. The summed E-state index contributed by atoms with van der Waals surface area (Å²) in [6.45, 7) is 3.47. The van der Waals surface area contributed by atoms with Crippen molar-refractivity contribution >= 4 is 40.2 Å². The quantitative estimate of drug-likeness (QED) is 0.482. The molecule has 3 rings (SSSR count). The number of rotatable bonds is 4. The first-order valence-electron chi connectivity index (χ1n) is 7.70. The van der Waals surface area contributed by atoms with Gasteiger partial charge in [0.25, 0.3) is 5.69 Å². The highest BCUT2D eigenvalue weighted by Gasteiger charge is 2.20. The second kappa shape index (κ2) is 7.08. The van der Waals surface area contributed by atoms with Gasteiger partial charge in [-0.2, -0.15) is 0 Å². The molecule has 0 aliphatic carbocycles. The Morgan fingerprint density at radius 1 is 1.28 bits per heavy atom. The van der Waals surface area contributed by atoms with Gasteiger partial charge in [-0.3, -0.25) is 10.1 Å². The first-order valence-corrected chi connectivity index (χ1v) is 8.08. The molecule has 1 aliphatic heterocycles. The standard InChI is InChI=1S/C15H18ClN7O2/c1-21-4-6-22(7-5-21)12-3-2-10(23(24)25)8-11(12)20-15-13(17)14(16)18-9-19-15/h2-3,8-9H,4-7,17H2,1H3,(H,18,19,20). The average molecular weight is 364 g/mol. The first kappa shape index (κ1) is 17.2. The molecule has 1 saturated heterocycles. The number of anilines is 4. The Hall–Kier alpha value is -2.65. The van der Waals surface area contributed by atoms with Gasteiger partial charge in [0.05, 0.1) is 16.3 Å². The zero-order chi connectivity index (χ0) is 18.0. The molecule has 3 N–H and O–H groups in total. The highest BCUT2D eigenvalue weighted by molar-refractivity contribution is 6.32. The van der Waals surface area contributed by atoms with E-state index in [-0.39, 0.29) is 16.5 Å². The second-order valence-corrected chi connectivity index (χ2v) is 6.16. The van der Waals surface area contributed by atoms with Gasteiger partial charge < -0.3 is 20.9 Å². The molecule has 2 heterocycles. The van der Waals surface area contributed by atoms with E-state index >= 15 is 0 Å². The third kappa shape index (κ3) is 3.72. The van der Waals surface area contributed by atoms with Crippen LogP contribution in [0.2, 0.25) is 5.15 Å². The number of nitro groups is 1. The molecule has 0 atom stereocenters. The van der Waals surface area contributed by atoms with E-state index in [2.05, 4.69) is 32.1 Å². The van der Waals surface area contributed by atoms with E-state index in [0.717, 1.165) is 31.9 Å². The topological polar surface area (TPSA) is 113 Å². The lowest BCUT2D eigenvalue weighted by molar-refractivity contribution is -0.384. The molecular formula is C15H18ClN7O2. The molecule has 25 heavy (non-hydrogen) atoms. The van der Waals surface area contributed by atoms with Crippen LogP contribution in [0.3, 0.4) is 0 Å². The maximum atomic E-state index is 11.1. The van der Waals surface area contributed by atoms with Crippen LogP contribution in [0.1, 0.15) is 0 Å². The van der Waals surface area contributed by atoms with Crippen molar-refractivity contribution in [2.24, 2.45) is 0 Å². The van der Waals surface area contributed by atoms with Crippen LogP contribution < -0.4 is 16.0 Å². The summed E-state index contributed by atoms with van der Waals surface area (Å²) in [6, 6.07) is 4.71. The third-order valence-electron chi connectivity index (χ3n) is 4.12. The molecule has 1 aromatic carbocycles. The predicted molar refractivity (Wildman–Crippen MR) is 97.5 cm³/mol. The predicted octanol–water partition coefficient (Wildman–Crippen LogP) is 2.12. The SMILES string of the molecule is CN1CCN(c2ccc([N+](=O)[O-])cc2Nc2ncnc(Cl)c2N)CC1. The van der Waals surface area contributed by atoms with E-state index in [4.69, 9.17) is 17.3 Å². The maximum absolute atomic E-state index is 11.1. The van der Waals surface area contributed by atoms with Crippen molar-refractivity contribution < 1.29 is 4.92 Å². The van der Waals surface area contributed by atoms with Crippen LogP contribution in [0.5, 0.6) is 0 Å². The van der Waals surface area contributed by atoms with Gasteiger partial charge in [-0.15, -0.1) is 0 Å². The van der Waals surface area contributed by atoms with Gasteiger partial charge in [0.15, 0.2) is 11.0 Å². The summed E-state index contributed by atoms with van der Waals surface area (Å²) in [6.07, 6.45) is 1.29. The van der Waals surface area contributed by atoms with Crippen LogP contribution in [0.15, 0.2) is 24.5 Å². The van der Waals surface area contributed by atoms with Gasteiger partial charge in [-0.25, -0.2) is 9.97 Å². The van der Waals surface area contributed by atoms with Crippen LogP contribution in [-0.4, -0.2) is 53.0 Å². The lowest BCUT2D eigenvalue weighted by Gasteiger charge is -2.35. The first-order chi connectivity index (χ1) is 12.0. The molecule has 132 valence electrons. The Bertz CT molecular complexity index is 793. The van der Waals surface area contributed by atoms with E-state index in [1.165, 1.54) is 18.5 Å². The Kier molecular flexibility index (Phi) is 4.86. The van der Waals surface area contributed by atoms with Crippen LogP contribution in [0.25, 0.3) is 0 Å². The Labute approximate surface area is 149 Å². The molecule has 0 bridgehead atoms. The number of piperazine rings is 1. The van der Waals surface area contributed by atoms with Crippen molar-refractivity contribution in [3.8, 4) is 0 Å². The minimum Gasteiger partial charge on any atom is -0.393 e.